The van der Waals surface area contributed by atoms with Gasteiger partial charge in [-0.3, -0.25) is 9.59 Å². The van der Waals surface area contributed by atoms with Crippen molar-refractivity contribution in [1.82, 2.24) is 4.90 Å². The number of amides is 1. The van der Waals surface area contributed by atoms with Crippen LogP contribution in [0.25, 0.3) is 0 Å². The summed E-state index contributed by atoms with van der Waals surface area (Å²) in [6.07, 6.45) is 5.30. The van der Waals surface area contributed by atoms with E-state index in [9.17, 15) is 9.59 Å². The van der Waals surface area contributed by atoms with E-state index in [2.05, 4.69) is 6.92 Å². The largest absolute Gasteiger partial charge is 0.481 e. The van der Waals surface area contributed by atoms with Crippen LogP contribution in [0.15, 0.2) is 0 Å². The minimum Gasteiger partial charge on any atom is -0.481 e. The lowest BCUT2D eigenvalue weighted by Crippen LogP contribution is -2.44. The van der Waals surface area contributed by atoms with Crippen molar-refractivity contribution in [2.75, 3.05) is 19.8 Å². The Bertz CT molecular complexity index is 381. The molecule has 0 unspecified atom stereocenters. The highest BCUT2D eigenvalue weighted by molar-refractivity contribution is 5.77. The summed E-state index contributed by atoms with van der Waals surface area (Å²) >= 11 is 0. The molecule has 126 valence electrons. The molecule has 22 heavy (non-hydrogen) atoms. The maximum absolute atomic E-state index is 12.5. The Morgan fingerprint density at radius 3 is 2.45 bits per heavy atom. The average Bonchev–Trinajstić information content (AvgIpc) is 2.92. The fourth-order valence-corrected chi connectivity index (χ4v) is 3.25. The molecule has 2 saturated heterocycles. The van der Waals surface area contributed by atoms with Crippen molar-refractivity contribution in [3.63, 3.8) is 0 Å². The van der Waals surface area contributed by atoms with Crippen LogP contribution in [0.1, 0.15) is 51.9 Å². The monoisotopic (exact) mass is 313 g/mol. The predicted octanol–water partition coefficient (Wildman–Crippen LogP) is 1.82. The van der Waals surface area contributed by atoms with Crippen LogP contribution in [0.3, 0.4) is 0 Å². The zero-order valence-electron chi connectivity index (χ0n) is 13.3. The molecule has 2 rings (SSSR count). The first-order valence-electron chi connectivity index (χ1n) is 8.30. The molecule has 0 saturated carbocycles. The fourth-order valence-electron chi connectivity index (χ4n) is 3.25. The second-order valence-corrected chi connectivity index (χ2v) is 6.26. The van der Waals surface area contributed by atoms with Crippen LogP contribution >= 0.6 is 0 Å². The second kappa shape index (κ2) is 8.48. The lowest BCUT2D eigenvalue weighted by Gasteiger charge is -2.34. The van der Waals surface area contributed by atoms with Gasteiger partial charge < -0.3 is 19.5 Å². The smallest absolute Gasteiger partial charge is 0.305 e. The molecule has 0 aromatic heterocycles. The fraction of sp³-hybridized carbons (Fsp3) is 0.875. The summed E-state index contributed by atoms with van der Waals surface area (Å²) < 4.78 is 11.1. The molecule has 6 heteroatoms. The molecule has 2 heterocycles. The van der Waals surface area contributed by atoms with Gasteiger partial charge in [0, 0.05) is 32.2 Å². The van der Waals surface area contributed by atoms with Gasteiger partial charge in [-0.15, -0.1) is 0 Å². The topological polar surface area (TPSA) is 76.1 Å². The number of carbonyl (C=O) groups is 2. The lowest BCUT2D eigenvalue weighted by atomic mass is 10.0. The standard InChI is InChI=1S/C16H27NO5/c1-12-2-3-14(22-12)4-5-15(18)17(9-6-16(19)20)13-7-10-21-11-8-13/h12-14H,2-11H2,1H3,(H,19,20)/t12-,14+/m0/s1. The number of aliphatic carboxylic acids is 1. The first kappa shape index (κ1) is 17.2. The van der Waals surface area contributed by atoms with Crippen molar-refractivity contribution in [2.45, 2.75) is 70.1 Å². The summed E-state index contributed by atoms with van der Waals surface area (Å²) in [7, 11) is 0. The van der Waals surface area contributed by atoms with Crippen LogP contribution < -0.4 is 0 Å². The molecule has 2 aliphatic rings. The zero-order valence-corrected chi connectivity index (χ0v) is 13.3. The first-order chi connectivity index (χ1) is 10.6. The summed E-state index contributed by atoms with van der Waals surface area (Å²) in [6, 6.07) is 0.115. The molecule has 2 atom stereocenters. The predicted molar refractivity (Wildman–Crippen MR) is 80.6 cm³/mol. The molecule has 0 aromatic rings. The highest BCUT2D eigenvalue weighted by atomic mass is 16.5. The molecule has 0 aromatic carbocycles. The van der Waals surface area contributed by atoms with Crippen molar-refractivity contribution in [3.05, 3.63) is 0 Å². The molecule has 6 nitrogen and oxygen atoms in total. The third kappa shape index (κ3) is 5.25. The van der Waals surface area contributed by atoms with E-state index in [1.54, 1.807) is 4.90 Å². The minimum atomic E-state index is -0.863. The summed E-state index contributed by atoms with van der Waals surface area (Å²) in [5.41, 5.74) is 0. The number of carboxylic acid groups (broad SMARTS) is 1. The Morgan fingerprint density at radius 2 is 1.86 bits per heavy atom. The SMILES string of the molecule is C[C@H]1CC[C@H](CCC(=O)N(CCC(=O)O)C2CCOCC2)O1. The molecule has 0 aliphatic carbocycles. The van der Waals surface area contributed by atoms with Gasteiger partial charge in [0.15, 0.2) is 0 Å². The van der Waals surface area contributed by atoms with Gasteiger partial charge in [0.2, 0.25) is 5.91 Å². The van der Waals surface area contributed by atoms with Crippen LogP contribution in [-0.2, 0) is 19.1 Å². The van der Waals surface area contributed by atoms with Gasteiger partial charge in [-0.25, -0.2) is 0 Å². The van der Waals surface area contributed by atoms with Crippen LogP contribution in [0, 0.1) is 0 Å². The Hall–Kier alpha value is -1.14. The van der Waals surface area contributed by atoms with Crippen molar-refractivity contribution < 1.29 is 24.2 Å². The van der Waals surface area contributed by atoms with Crippen molar-refractivity contribution in [2.24, 2.45) is 0 Å². The minimum absolute atomic E-state index is 0.0000593. The van der Waals surface area contributed by atoms with Gasteiger partial charge in [0.1, 0.15) is 0 Å². The molecule has 1 N–H and O–H groups in total. The molecule has 0 bridgehead atoms. The van der Waals surface area contributed by atoms with Crippen molar-refractivity contribution in [1.29, 1.82) is 0 Å². The van der Waals surface area contributed by atoms with E-state index in [0.29, 0.717) is 32.3 Å². The number of hydrogen-bond donors (Lipinski definition) is 1. The molecule has 2 fully saturated rings. The zero-order chi connectivity index (χ0) is 15.9. The van der Waals surface area contributed by atoms with Gasteiger partial charge in [-0.2, -0.15) is 0 Å². The molecular formula is C16H27NO5. The molecular weight excluding hydrogens is 286 g/mol. The average molecular weight is 313 g/mol. The Balaban J connectivity index is 1.85. The van der Waals surface area contributed by atoms with Crippen LogP contribution in [-0.4, -0.2) is 59.9 Å². The van der Waals surface area contributed by atoms with E-state index < -0.39 is 5.97 Å². The van der Waals surface area contributed by atoms with Gasteiger partial charge >= 0.3 is 5.97 Å². The van der Waals surface area contributed by atoms with E-state index in [4.69, 9.17) is 14.6 Å². The quantitative estimate of drug-likeness (QED) is 0.776. The number of ether oxygens (including phenoxy) is 2. The third-order valence-corrected chi connectivity index (χ3v) is 4.52. The summed E-state index contributed by atoms with van der Waals surface area (Å²) in [5, 5.41) is 8.89. The second-order valence-electron chi connectivity index (χ2n) is 6.26. The number of carbonyl (C=O) groups excluding carboxylic acids is 1. The maximum atomic E-state index is 12.5. The van der Waals surface area contributed by atoms with Gasteiger partial charge in [-0.05, 0) is 39.0 Å². The van der Waals surface area contributed by atoms with E-state index in [1.807, 2.05) is 0 Å². The normalized spacial score (nSPS) is 26.0. The van der Waals surface area contributed by atoms with Gasteiger partial charge in [0.05, 0.1) is 18.6 Å². The summed E-state index contributed by atoms with van der Waals surface area (Å²) in [6.45, 7) is 3.64. The van der Waals surface area contributed by atoms with Crippen LogP contribution in [0.5, 0.6) is 0 Å². The highest BCUT2D eigenvalue weighted by Gasteiger charge is 2.28. The van der Waals surface area contributed by atoms with E-state index in [-0.39, 0.29) is 24.5 Å². The molecule has 2 aliphatic heterocycles. The number of hydrogen-bond acceptors (Lipinski definition) is 4. The van der Waals surface area contributed by atoms with Crippen molar-refractivity contribution >= 4 is 11.9 Å². The van der Waals surface area contributed by atoms with E-state index in [1.165, 1.54) is 0 Å². The maximum Gasteiger partial charge on any atom is 0.305 e. The van der Waals surface area contributed by atoms with Crippen LogP contribution in [0.4, 0.5) is 0 Å². The Kier molecular flexibility index (Phi) is 6.64. The number of rotatable bonds is 7. The third-order valence-electron chi connectivity index (χ3n) is 4.52. The number of carboxylic acids is 1. The Labute approximate surface area is 131 Å². The van der Waals surface area contributed by atoms with Crippen molar-refractivity contribution in [3.8, 4) is 0 Å². The highest BCUT2D eigenvalue weighted by Crippen LogP contribution is 2.24. The summed E-state index contributed by atoms with van der Waals surface area (Å²) in [4.78, 5) is 25.1. The van der Waals surface area contributed by atoms with Crippen LogP contribution in [0.2, 0.25) is 0 Å². The van der Waals surface area contributed by atoms with E-state index >= 15 is 0 Å². The number of nitrogens with zero attached hydrogens (tertiary/aromatic N) is 1. The first-order valence-corrected chi connectivity index (χ1v) is 8.30. The Morgan fingerprint density at radius 1 is 1.14 bits per heavy atom. The molecule has 1 amide bonds. The van der Waals surface area contributed by atoms with Gasteiger partial charge in [-0.1, -0.05) is 0 Å². The molecule has 0 radical (unpaired) electrons. The molecule has 0 spiro atoms. The van der Waals surface area contributed by atoms with Gasteiger partial charge in [0.25, 0.3) is 0 Å². The summed E-state index contributed by atoms with van der Waals surface area (Å²) in [5.74, 6) is -0.811. The van der Waals surface area contributed by atoms with E-state index in [0.717, 1.165) is 32.1 Å². The lowest BCUT2D eigenvalue weighted by molar-refractivity contribution is -0.140.